The molecule has 0 unspecified atom stereocenters. The van der Waals surface area contributed by atoms with E-state index in [0.717, 1.165) is 6.42 Å². The number of hydrogen-bond acceptors (Lipinski definition) is 2. The molecule has 88 valence electrons. The highest BCUT2D eigenvalue weighted by Crippen LogP contribution is 2.31. The molecule has 0 saturated carbocycles. The number of rotatable bonds is 3. The Hall–Kier alpha value is -0.570. The lowest BCUT2D eigenvalue weighted by Crippen LogP contribution is -2.12. The van der Waals surface area contributed by atoms with Crippen molar-refractivity contribution in [3.8, 4) is 0 Å². The van der Waals surface area contributed by atoms with Gasteiger partial charge in [0, 0.05) is 10.7 Å². The third kappa shape index (κ3) is 2.76. The Morgan fingerprint density at radius 1 is 1.25 bits per heavy atom. The first kappa shape index (κ1) is 13.5. The molecule has 0 aliphatic rings. The molecule has 0 bridgehead atoms. The number of hydrogen-bond donors (Lipinski definition) is 1. The van der Waals surface area contributed by atoms with E-state index in [1.165, 1.54) is 15.6 Å². The van der Waals surface area contributed by atoms with Crippen LogP contribution >= 0.6 is 23.7 Å². The van der Waals surface area contributed by atoms with Crippen LogP contribution in [0.4, 0.5) is 0 Å². The molecular weight excluding hydrogens is 238 g/mol. The maximum absolute atomic E-state index is 6.21. The van der Waals surface area contributed by atoms with Crippen molar-refractivity contribution in [3.63, 3.8) is 0 Å². The molecule has 0 aliphatic heterocycles. The summed E-state index contributed by atoms with van der Waals surface area (Å²) in [5.41, 5.74) is 7.52. The summed E-state index contributed by atoms with van der Waals surface area (Å²) in [6.07, 6.45) is 1.06. The van der Waals surface area contributed by atoms with Gasteiger partial charge < -0.3 is 5.73 Å². The molecule has 0 amide bonds. The van der Waals surface area contributed by atoms with Crippen molar-refractivity contribution in [2.45, 2.75) is 26.3 Å². The van der Waals surface area contributed by atoms with Gasteiger partial charge >= 0.3 is 0 Å². The Morgan fingerprint density at radius 2 is 1.94 bits per heavy atom. The average molecular weight is 256 g/mol. The van der Waals surface area contributed by atoms with Crippen molar-refractivity contribution in [1.82, 2.24) is 0 Å². The Morgan fingerprint density at radius 3 is 2.62 bits per heavy atom. The Balaban J connectivity index is 0.00000128. The Labute approximate surface area is 107 Å². The predicted octanol–water partition coefficient (Wildman–Crippen LogP) is 4.37. The van der Waals surface area contributed by atoms with Crippen LogP contribution in [0.3, 0.4) is 0 Å². The maximum atomic E-state index is 6.21. The van der Waals surface area contributed by atoms with Gasteiger partial charge in [0.05, 0.1) is 0 Å². The van der Waals surface area contributed by atoms with Crippen molar-refractivity contribution in [2.75, 3.05) is 0 Å². The number of nitrogens with two attached hydrogens (primary N) is 1. The standard InChI is InChI=1S/C13H17NS.ClH/c1-9(2)7-12(14)11-8-15-13-6-4-3-5-10(11)13;/h3-6,8-9,12H,7,14H2,1-2H3;1H/t12-;/m0./s1. The molecule has 2 aromatic rings. The molecule has 0 radical (unpaired) electrons. The zero-order valence-corrected chi connectivity index (χ0v) is 11.3. The van der Waals surface area contributed by atoms with Crippen molar-refractivity contribution in [1.29, 1.82) is 0 Å². The quantitative estimate of drug-likeness (QED) is 0.866. The lowest BCUT2D eigenvalue weighted by molar-refractivity contribution is 0.512. The van der Waals surface area contributed by atoms with Crippen LogP contribution in [0.1, 0.15) is 31.9 Å². The van der Waals surface area contributed by atoms with Crippen molar-refractivity contribution in [3.05, 3.63) is 35.2 Å². The van der Waals surface area contributed by atoms with Gasteiger partial charge in [0.2, 0.25) is 0 Å². The zero-order chi connectivity index (χ0) is 10.8. The second-order valence-corrected chi connectivity index (χ2v) is 5.33. The molecule has 0 spiro atoms. The second-order valence-electron chi connectivity index (χ2n) is 4.42. The van der Waals surface area contributed by atoms with Gasteiger partial charge in [-0.2, -0.15) is 0 Å². The van der Waals surface area contributed by atoms with E-state index < -0.39 is 0 Å². The van der Waals surface area contributed by atoms with Crippen molar-refractivity contribution < 1.29 is 0 Å². The fourth-order valence-electron chi connectivity index (χ4n) is 1.92. The topological polar surface area (TPSA) is 26.0 Å². The van der Waals surface area contributed by atoms with Gasteiger partial charge in [-0.1, -0.05) is 32.0 Å². The SMILES string of the molecule is CC(C)C[C@H](N)c1csc2ccccc12.Cl. The molecule has 1 atom stereocenters. The van der Waals surface area contributed by atoms with Crippen molar-refractivity contribution in [2.24, 2.45) is 11.7 Å². The summed E-state index contributed by atoms with van der Waals surface area (Å²) < 4.78 is 1.34. The highest BCUT2D eigenvalue weighted by Gasteiger charge is 2.12. The van der Waals surface area contributed by atoms with E-state index in [9.17, 15) is 0 Å². The largest absolute Gasteiger partial charge is 0.324 e. The van der Waals surface area contributed by atoms with Gasteiger partial charge in [0.1, 0.15) is 0 Å². The number of halogens is 1. The van der Waals surface area contributed by atoms with Crippen LogP contribution in [0.25, 0.3) is 10.1 Å². The molecule has 0 saturated heterocycles. The highest BCUT2D eigenvalue weighted by molar-refractivity contribution is 7.17. The minimum absolute atomic E-state index is 0. The molecule has 0 fully saturated rings. The smallest absolute Gasteiger partial charge is 0.0346 e. The normalized spacial score (nSPS) is 12.8. The van der Waals surface area contributed by atoms with Gasteiger partial charge in [-0.15, -0.1) is 23.7 Å². The first-order chi connectivity index (χ1) is 7.18. The molecule has 3 heteroatoms. The molecule has 16 heavy (non-hydrogen) atoms. The summed E-state index contributed by atoms with van der Waals surface area (Å²) in [6.45, 7) is 4.43. The van der Waals surface area contributed by atoms with Crippen LogP contribution in [0.2, 0.25) is 0 Å². The molecular formula is C13H18ClNS. The van der Waals surface area contributed by atoms with Gasteiger partial charge in [0.25, 0.3) is 0 Å². The van der Waals surface area contributed by atoms with Gasteiger partial charge in [-0.25, -0.2) is 0 Å². The van der Waals surface area contributed by atoms with Gasteiger partial charge in [0.15, 0.2) is 0 Å². The van der Waals surface area contributed by atoms with E-state index in [-0.39, 0.29) is 18.4 Å². The number of fused-ring (bicyclic) bond motifs is 1. The van der Waals surface area contributed by atoms with E-state index in [2.05, 4.69) is 43.5 Å². The van der Waals surface area contributed by atoms with Crippen LogP contribution in [0, 0.1) is 5.92 Å². The third-order valence-corrected chi connectivity index (χ3v) is 3.62. The zero-order valence-electron chi connectivity index (χ0n) is 9.64. The lowest BCUT2D eigenvalue weighted by atomic mass is 9.97. The summed E-state index contributed by atoms with van der Waals surface area (Å²) in [7, 11) is 0. The summed E-state index contributed by atoms with van der Waals surface area (Å²) in [5.74, 6) is 0.652. The average Bonchev–Trinajstić information content (AvgIpc) is 2.59. The van der Waals surface area contributed by atoms with E-state index >= 15 is 0 Å². The fraction of sp³-hybridized carbons (Fsp3) is 0.385. The number of benzene rings is 1. The van der Waals surface area contributed by atoms with Crippen molar-refractivity contribution >= 4 is 33.8 Å². The monoisotopic (exact) mass is 255 g/mol. The summed E-state index contributed by atoms with van der Waals surface area (Å²) in [4.78, 5) is 0. The summed E-state index contributed by atoms with van der Waals surface area (Å²) in [6, 6.07) is 8.67. The van der Waals surface area contributed by atoms with Crippen LogP contribution in [-0.4, -0.2) is 0 Å². The minimum Gasteiger partial charge on any atom is -0.324 e. The van der Waals surface area contributed by atoms with Gasteiger partial charge in [-0.05, 0) is 34.7 Å². The first-order valence-electron chi connectivity index (χ1n) is 5.40. The van der Waals surface area contributed by atoms with Crippen LogP contribution in [0.5, 0.6) is 0 Å². The fourth-order valence-corrected chi connectivity index (χ4v) is 2.95. The van der Waals surface area contributed by atoms with Crippen LogP contribution < -0.4 is 5.73 Å². The highest BCUT2D eigenvalue weighted by atomic mass is 35.5. The Bertz CT molecular complexity index is 450. The van der Waals surface area contributed by atoms with Crippen LogP contribution in [-0.2, 0) is 0 Å². The third-order valence-electron chi connectivity index (χ3n) is 2.64. The molecule has 1 heterocycles. The van der Waals surface area contributed by atoms with E-state index in [0.29, 0.717) is 5.92 Å². The van der Waals surface area contributed by atoms with E-state index in [1.807, 2.05) is 0 Å². The second kappa shape index (κ2) is 5.67. The molecule has 2 N–H and O–H groups in total. The maximum Gasteiger partial charge on any atom is 0.0346 e. The molecule has 1 aromatic heterocycles. The summed E-state index contributed by atoms with van der Waals surface area (Å²) in [5, 5.41) is 3.54. The lowest BCUT2D eigenvalue weighted by Gasteiger charge is -2.13. The number of thiophene rings is 1. The van der Waals surface area contributed by atoms with Gasteiger partial charge in [-0.3, -0.25) is 0 Å². The predicted molar refractivity (Wildman–Crippen MR) is 75.5 cm³/mol. The first-order valence-corrected chi connectivity index (χ1v) is 6.28. The van der Waals surface area contributed by atoms with E-state index in [4.69, 9.17) is 5.73 Å². The molecule has 0 aliphatic carbocycles. The molecule has 1 nitrogen and oxygen atoms in total. The summed E-state index contributed by atoms with van der Waals surface area (Å²) >= 11 is 1.79. The molecule has 1 aromatic carbocycles. The molecule has 2 rings (SSSR count). The Kier molecular flexibility index (Phi) is 4.78. The van der Waals surface area contributed by atoms with E-state index in [1.54, 1.807) is 11.3 Å². The van der Waals surface area contributed by atoms with Crippen LogP contribution in [0.15, 0.2) is 29.6 Å². The minimum atomic E-state index is 0.